The SMILES string of the molecule is O=C(CC1SC(=NCCc2ccccc2)NC1=O)Nc1ccccc1Br. The highest BCUT2D eigenvalue weighted by Crippen LogP contribution is 2.25. The summed E-state index contributed by atoms with van der Waals surface area (Å²) in [6, 6.07) is 17.4. The first-order valence-electron chi connectivity index (χ1n) is 8.22. The molecule has 26 heavy (non-hydrogen) atoms. The van der Waals surface area contributed by atoms with E-state index in [0.717, 1.165) is 10.9 Å². The molecule has 1 atom stereocenters. The van der Waals surface area contributed by atoms with Gasteiger partial charge in [0.1, 0.15) is 5.25 Å². The molecule has 1 fully saturated rings. The van der Waals surface area contributed by atoms with E-state index < -0.39 is 5.25 Å². The molecule has 5 nitrogen and oxygen atoms in total. The van der Waals surface area contributed by atoms with Crippen LogP contribution in [0.5, 0.6) is 0 Å². The van der Waals surface area contributed by atoms with Gasteiger partial charge in [-0.05, 0) is 40.0 Å². The molecular formula is C19H18BrN3O2S. The van der Waals surface area contributed by atoms with Crippen LogP contribution < -0.4 is 10.6 Å². The van der Waals surface area contributed by atoms with Crippen LogP contribution >= 0.6 is 27.7 Å². The number of para-hydroxylation sites is 1. The van der Waals surface area contributed by atoms with Crippen LogP contribution in [0.25, 0.3) is 0 Å². The number of hydrogen-bond donors (Lipinski definition) is 2. The molecule has 0 radical (unpaired) electrons. The zero-order chi connectivity index (χ0) is 18.4. The first kappa shape index (κ1) is 18.7. The highest BCUT2D eigenvalue weighted by molar-refractivity contribution is 9.10. The van der Waals surface area contributed by atoms with Crippen LogP contribution in [-0.2, 0) is 16.0 Å². The van der Waals surface area contributed by atoms with Crippen molar-refractivity contribution in [2.24, 2.45) is 4.99 Å². The highest BCUT2D eigenvalue weighted by Gasteiger charge is 2.32. The van der Waals surface area contributed by atoms with E-state index in [1.54, 1.807) is 6.07 Å². The van der Waals surface area contributed by atoms with Crippen LogP contribution in [0.15, 0.2) is 64.1 Å². The monoisotopic (exact) mass is 431 g/mol. The molecule has 0 aromatic heterocycles. The summed E-state index contributed by atoms with van der Waals surface area (Å²) < 4.78 is 0.806. The number of amides is 2. The average Bonchev–Trinajstić information content (AvgIpc) is 2.97. The van der Waals surface area contributed by atoms with Gasteiger partial charge < -0.3 is 10.6 Å². The highest BCUT2D eigenvalue weighted by atomic mass is 79.9. The number of thioether (sulfide) groups is 1. The number of rotatable bonds is 6. The van der Waals surface area contributed by atoms with Gasteiger partial charge in [0.25, 0.3) is 0 Å². The molecule has 2 N–H and O–H groups in total. The summed E-state index contributed by atoms with van der Waals surface area (Å²) in [5, 5.41) is 5.71. The van der Waals surface area contributed by atoms with Crippen molar-refractivity contribution in [2.75, 3.05) is 11.9 Å². The van der Waals surface area contributed by atoms with Crippen molar-refractivity contribution in [1.82, 2.24) is 5.32 Å². The number of halogens is 1. The molecule has 134 valence electrons. The summed E-state index contributed by atoms with van der Waals surface area (Å²) in [5.41, 5.74) is 1.90. The van der Waals surface area contributed by atoms with Crippen LogP contribution in [0, 0.1) is 0 Å². The number of anilines is 1. The van der Waals surface area contributed by atoms with Gasteiger partial charge >= 0.3 is 0 Å². The van der Waals surface area contributed by atoms with Crippen molar-refractivity contribution >= 4 is 50.4 Å². The van der Waals surface area contributed by atoms with Gasteiger partial charge in [0.05, 0.1) is 5.69 Å². The van der Waals surface area contributed by atoms with Crippen molar-refractivity contribution in [1.29, 1.82) is 0 Å². The number of carbonyl (C=O) groups is 2. The van der Waals surface area contributed by atoms with Gasteiger partial charge in [-0.3, -0.25) is 14.6 Å². The molecule has 7 heteroatoms. The predicted octanol–water partition coefficient (Wildman–Crippen LogP) is 3.61. The Hall–Kier alpha value is -2.12. The molecule has 1 unspecified atom stereocenters. The maximum absolute atomic E-state index is 12.2. The second kappa shape index (κ2) is 9.00. The van der Waals surface area contributed by atoms with Crippen LogP contribution in [0.4, 0.5) is 5.69 Å². The van der Waals surface area contributed by atoms with Crippen LogP contribution in [-0.4, -0.2) is 28.8 Å². The molecule has 0 aliphatic carbocycles. The van der Waals surface area contributed by atoms with Gasteiger partial charge in [-0.2, -0.15) is 0 Å². The molecule has 0 bridgehead atoms. The van der Waals surface area contributed by atoms with Gasteiger partial charge in [0.2, 0.25) is 11.8 Å². The topological polar surface area (TPSA) is 70.6 Å². The predicted molar refractivity (Wildman–Crippen MR) is 109 cm³/mol. The quantitative estimate of drug-likeness (QED) is 0.733. The first-order chi connectivity index (χ1) is 12.6. The number of nitrogens with zero attached hydrogens (tertiary/aromatic N) is 1. The molecule has 1 aliphatic rings. The second-order valence-electron chi connectivity index (χ2n) is 5.75. The maximum atomic E-state index is 12.2. The van der Waals surface area contributed by atoms with Gasteiger partial charge in [-0.15, -0.1) is 0 Å². The fourth-order valence-corrected chi connectivity index (χ4v) is 3.86. The number of nitrogens with one attached hydrogen (secondary N) is 2. The lowest BCUT2D eigenvalue weighted by Gasteiger charge is -2.08. The van der Waals surface area contributed by atoms with Crippen molar-refractivity contribution < 1.29 is 9.59 Å². The molecule has 0 spiro atoms. The summed E-state index contributed by atoms with van der Waals surface area (Å²) in [4.78, 5) is 28.7. The van der Waals surface area contributed by atoms with E-state index in [1.165, 1.54) is 17.3 Å². The number of benzene rings is 2. The minimum atomic E-state index is -0.451. The lowest BCUT2D eigenvalue weighted by molar-refractivity contribution is -0.122. The Labute approximate surface area is 164 Å². The van der Waals surface area contributed by atoms with Crippen LogP contribution in [0.1, 0.15) is 12.0 Å². The van der Waals surface area contributed by atoms with E-state index in [-0.39, 0.29) is 18.2 Å². The Balaban J connectivity index is 1.50. The summed E-state index contributed by atoms with van der Waals surface area (Å²) in [6.07, 6.45) is 0.920. The van der Waals surface area contributed by atoms with E-state index >= 15 is 0 Å². The minimum Gasteiger partial charge on any atom is -0.325 e. The minimum absolute atomic E-state index is 0.107. The molecule has 1 heterocycles. The Bertz CT molecular complexity index is 827. The Kier molecular flexibility index (Phi) is 6.46. The summed E-state index contributed by atoms with van der Waals surface area (Å²) >= 11 is 4.70. The van der Waals surface area contributed by atoms with E-state index in [1.807, 2.05) is 36.4 Å². The third kappa shape index (κ3) is 5.19. The third-order valence-electron chi connectivity index (χ3n) is 3.79. The van der Waals surface area contributed by atoms with Crippen molar-refractivity contribution in [3.8, 4) is 0 Å². The van der Waals surface area contributed by atoms with Gasteiger partial charge in [0.15, 0.2) is 5.17 Å². The normalized spacial score (nSPS) is 18.0. The largest absolute Gasteiger partial charge is 0.325 e. The Morgan fingerprint density at radius 3 is 2.65 bits per heavy atom. The van der Waals surface area contributed by atoms with E-state index in [9.17, 15) is 9.59 Å². The first-order valence-corrected chi connectivity index (χ1v) is 9.89. The molecule has 2 aromatic carbocycles. The standard InChI is InChI=1S/C19H18BrN3O2S/c20-14-8-4-5-9-15(14)22-17(24)12-16-18(25)23-19(26-16)21-11-10-13-6-2-1-3-7-13/h1-9,16H,10-12H2,(H,22,24)(H,21,23,25). The number of amidine groups is 1. The summed E-state index contributed by atoms with van der Waals surface area (Å²) in [7, 11) is 0. The molecular weight excluding hydrogens is 414 g/mol. The van der Waals surface area contributed by atoms with Crippen LogP contribution in [0.3, 0.4) is 0 Å². The van der Waals surface area contributed by atoms with Gasteiger partial charge in [-0.25, -0.2) is 0 Å². The zero-order valence-electron chi connectivity index (χ0n) is 13.9. The number of hydrogen-bond acceptors (Lipinski definition) is 4. The number of carbonyl (C=O) groups excluding carboxylic acids is 2. The fraction of sp³-hybridized carbons (Fsp3) is 0.211. The summed E-state index contributed by atoms with van der Waals surface area (Å²) in [6.45, 7) is 0.600. The average molecular weight is 432 g/mol. The molecule has 0 saturated carbocycles. The molecule has 3 rings (SSSR count). The lowest BCUT2D eigenvalue weighted by atomic mass is 10.2. The molecule has 2 aromatic rings. The smallest absolute Gasteiger partial charge is 0.240 e. The molecule has 1 saturated heterocycles. The van der Waals surface area contributed by atoms with E-state index in [2.05, 4.69) is 43.7 Å². The summed E-state index contributed by atoms with van der Waals surface area (Å²) in [5.74, 6) is -0.370. The van der Waals surface area contributed by atoms with E-state index in [0.29, 0.717) is 17.4 Å². The third-order valence-corrected chi connectivity index (χ3v) is 5.61. The van der Waals surface area contributed by atoms with Crippen molar-refractivity contribution in [3.63, 3.8) is 0 Å². The lowest BCUT2D eigenvalue weighted by Crippen LogP contribution is -2.28. The Morgan fingerprint density at radius 1 is 1.15 bits per heavy atom. The second-order valence-corrected chi connectivity index (χ2v) is 7.80. The van der Waals surface area contributed by atoms with Crippen molar-refractivity contribution in [2.45, 2.75) is 18.1 Å². The zero-order valence-corrected chi connectivity index (χ0v) is 16.3. The van der Waals surface area contributed by atoms with Crippen molar-refractivity contribution in [3.05, 3.63) is 64.6 Å². The molecule has 1 aliphatic heterocycles. The maximum Gasteiger partial charge on any atom is 0.240 e. The van der Waals surface area contributed by atoms with Crippen LogP contribution in [0.2, 0.25) is 0 Å². The fourth-order valence-electron chi connectivity index (χ4n) is 2.48. The Morgan fingerprint density at radius 2 is 1.88 bits per heavy atom. The van der Waals surface area contributed by atoms with E-state index in [4.69, 9.17) is 0 Å². The number of aliphatic imine (C=N–C) groups is 1. The van der Waals surface area contributed by atoms with Gasteiger partial charge in [-0.1, -0.05) is 54.2 Å². The van der Waals surface area contributed by atoms with Gasteiger partial charge in [0, 0.05) is 17.4 Å². The molecule has 2 amide bonds.